The number of para-hydroxylation sites is 1. The van der Waals surface area contributed by atoms with Gasteiger partial charge in [0.1, 0.15) is 12.4 Å². The zero-order valence-electron chi connectivity index (χ0n) is 12.4. The first-order valence-corrected chi connectivity index (χ1v) is 7.70. The van der Waals surface area contributed by atoms with E-state index in [0.717, 1.165) is 18.6 Å². The third kappa shape index (κ3) is 5.96. The van der Waals surface area contributed by atoms with Gasteiger partial charge in [-0.05, 0) is 29.9 Å². The highest BCUT2D eigenvalue weighted by Crippen LogP contribution is 2.31. The molecule has 19 heavy (non-hydrogen) atoms. The van der Waals surface area contributed by atoms with E-state index in [2.05, 4.69) is 48.8 Å². The van der Waals surface area contributed by atoms with E-state index in [1.807, 2.05) is 12.1 Å². The molecule has 1 unspecified atom stereocenters. The number of ether oxygens (including phenoxy) is 2. The van der Waals surface area contributed by atoms with Crippen LogP contribution < -0.4 is 4.74 Å². The van der Waals surface area contributed by atoms with Crippen LogP contribution in [0.25, 0.3) is 0 Å². The second kappa shape index (κ2) is 7.91. The van der Waals surface area contributed by atoms with Gasteiger partial charge >= 0.3 is 0 Å². The van der Waals surface area contributed by atoms with Crippen LogP contribution >= 0.6 is 15.9 Å². The van der Waals surface area contributed by atoms with Crippen molar-refractivity contribution < 1.29 is 9.47 Å². The number of hydrogen-bond acceptors (Lipinski definition) is 2. The molecule has 0 radical (unpaired) electrons. The summed E-state index contributed by atoms with van der Waals surface area (Å²) < 4.78 is 10.8. The fourth-order valence-electron chi connectivity index (χ4n) is 1.80. The summed E-state index contributed by atoms with van der Waals surface area (Å²) in [5.41, 5.74) is 1.55. The number of halogens is 1. The molecule has 108 valence electrons. The zero-order valence-corrected chi connectivity index (χ0v) is 14.0. The lowest BCUT2D eigenvalue weighted by molar-refractivity contribution is 0.145. The number of aryl methyl sites for hydroxylation is 1. The molecule has 1 atom stereocenters. The van der Waals surface area contributed by atoms with Crippen LogP contribution in [0.5, 0.6) is 5.75 Å². The second-order valence-electron chi connectivity index (χ2n) is 5.82. The van der Waals surface area contributed by atoms with E-state index < -0.39 is 0 Å². The predicted molar refractivity (Wildman–Crippen MR) is 84.3 cm³/mol. The average molecular weight is 329 g/mol. The molecule has 0 aromatic heterocycles. The second-order valence-corrected chi connectivity index (χ2v) is 6.93. The number of methoxy groups -OCH3 is 1. The molecular weight excluding hydrogens is 304 g/mol. The molecule has 0 aliphatic rings. The molecule has 0 bridgehead atoms. The molecule has 0 saturated carbocycles. The monoisotopic (exact) mass is 328 g/mol. The highest BCUT2D eigenvalue weighted by Gasteiger charge is 2.21. The molecule has 1 rings (SSSR count). The Hall–Kier alpha value is -0.540. The Kier molecular flexibility index (Phi) is 6.87. The Morgan fingerprint density at radius 2 is 1.84 bits per heavy atom. The summed E-state index contributed by atoms with van der Waals surface area (Å²) >= 11 is 3.78. The van der Waals surface area contributed by atoms with Gasteiger partial charge in [-0.1, -0.05) is 54.9 Å². The zero-order chi connectivity index (χ0) is 14.3. The van der Waals surface area contributed by atoms with Gasteiger partial charge in [0.2, 0.25) is 0 Å². The Morgan fingerprint density at radius 1 is 1.16 bits per heavy atom. The Morgan fingerprint density at radius 3 is 2.47 bits per heavy atom. The van der Waals surface area contributed by atoms with Crippen molar-refractivity contribution in [2.75, 3.05) is 20.3 Å². The Bertz CT molecular complexity index is 371. The molecule has 0 spiro atoms. The Balaban J connectivity index is 2.57. The number of hydrogen-bond donors (Lipinski definition) is 0. The van der Waals surface area contributed by atoms with Crippen LogP contribution in [0, 0.1) is 5.41 Å². The summed E-state index contributed by atoms with van der Waals surface area (Å²) in [6.07, 6.45) is 2.13. The van der Waals surface area contributed by atoms with Crippen molar-refractivity contribution in [2.24, 2.45) is 5.41 Å². The van der Waals surface area contributed by atoms with Crippen molar-refractivity contribution in [2.45, 2.75) is 38.4 Å². The van der Waals surface area contributed by atoms with Gasteiger partial charge in [0.05, 0.1) is 6.61 Å². The minimum atomic E-state index is 0.284. The molecule has 0 saturated heterocycles. The molecule has 0 amide bonds. The molecule has 3 heteroatoms. The molecule has 1 aromatic rings. The predicted octanol–water partition coefficient (Wildman–Crippen LogP) is 4.45. The fraction of sp³-hybridized carbons (Fsp3) is 0.625. The van der Waals surface area contributed by atoms with Crippen molar-refractivity contribution >= 4 is 15.9 Å². The van der Waals surface area contributed by atoms with Gasteiger partial charge in [0.25, 0.3) is 0 Å². The minimum absolute atomic E-state index is 0.284. The number of rotatable bonds is 7. The lowest BCUT2D eigenvalue weighted by atomic mass is 9.88. The Labute approximate surface area is 125 Å². The van der Waals surface area contributed by atoms with Crippen LogP contribution in [0.2, 0.25) is 0 Å². The van der Waals surface area contributed by atoms with Crippen molar-refractivity contribution in [1.82, 2.24) is 0 Å². The number of alkyl halides is 1. The first-order chi connectivity index (χ1) is 8.95. The quantitative estimate of drug-likeness (QED) is 0.543. The maximum atomic E-state index is 5.76. The van der Waals surface area contributed by atoms with Gasteiger partial charge in [-0.15, -0.1) is 0 Å². The van der Waals surface area contributed by atoms with Gasteiger partial charge in [-0.3, -0.25) is 0 Å². The van der Waals surface area contributed by atoms with Gasteiger partial charge in [0.15, 0.2) is 0 Å². The lowest BCUT2D eigenvalue weighted by Crippen LogP contribution is -2.20. The van der Waals surface area contributed by atoms with Gasteiger partial charge in [-0.25, -0.2) is 0 Å². The van der Waals surface area contributed by atoms with Gasteiger partial charge < -0.3 is 9.47 Å². The molecular formula is C16H25BrO2. The fourth-order valence-corrected chi connectivity index (χ4v) is 2.03. The third-order valence-corrected chi connectivity index (χ3v) is 4.96. The number of benzene rings is 1. The van der Waals surface area contributed by atoms with Crippen LogP contribution in [0.4, 0.5) is 0 Å². The highest BCUT2D eigenvalue weighted by atomic mass is 79.9. The molecule has 1 aromatic carbocycles. The van der Waals surface area contributed by atoms with Gasteiger partial charge in [0, 0.05) is 11.9 Å². The van der Waals surface area contributed by atoms with E-state index in [-0.39, 0.29) is 5.41 Å². The van der Waals surface area contributed by atoms with Crippen molar-refractivity contribution in [3.05, 3.63) is 29.8 Å². The lowest BCUT2D eigenvalue weighted by Gasteiger charge is -2.25. The van der Waals surface area contributed by atoms with E-state index in [1.54, 1.807) is 7.11 Å². The van der Waals surface area contributed by atoms with Crippen molar-refractivity contribution in [3.63, 3.8) is 0 Å². The standard InChI is InChI=1S/C16H25BrO2/c1-16(2,3)15(17)10-9-13-7-5-6-8-14(13)19-12-11-18-4/h5-8,15H,9-12H2,1-4H3. The molecule has 0 aliphatic heterocycles. The van der Waals surface area contributed by atoms with Gasteiger partial charge in [-0.2, -0.15) is 0 Å². The summed E-state index contributed by atoms with van der Waals surface area (Å²) in [6, 6.07) is 8.26. The van der Waals surface area contributed by atoms with Crippen LogP contribution in [0.1, 0.15) is 32.8 Å². The summed E-state index contributed by atoms with van der Waals surface area (Å²) in [7, 11) is 1.69. The molecule has 0 heterocycles. The highest BCUT2D eigenvalue weighted by molar-refractivity contribution is 9.09. The first-order valence-electron chi connectivity index (χ1n) is 6.79. The van der Waals surface area contributed by atoms with Crippen molar-refractivity contribution in [3.8, 4) is 5.75 Å². The van der Waals surface area contributed by atoms with Crippen molar-refractivity contribution in [1.29, 1.82) is 0 Å². The summed E-state index contributed by atoms with van der Waals surface area (Å²) in [6.45, 7) is 8.00. The van der Waals surface area contributed by atoms with Crippen LogP contribution in [0.3, 0.4) is 0 Å². The maximum absolute atomic E-state index is 5.76. The third-order valence-electron chi connectivity index (χ3n) is 3.12. The SMILES string of the molecule is COCCOc1ccccc1CCC(Br)C(C)(C)C. The normalized spacial score (nSPS) is 13.3. The summed E-state index contributed by atoms with van der Waals surface area (Å²) in [5, 5.41) is 0. The smallest absolute Gasteiger partial charge is 0.122 e. The van der Waals surface area contributed by atoms with E-state index >= 15 is 0 Å². The largest absolute Gasteiger partial charge is 0.491 e. The molecule has 0 aliphatic carbocycles. The molecule has 0 N–H and O–H groups in total. The maximum Gasteiger partial charge on any atom is 0.122 e. The van der Waals surface area contributed by atoms with Crippen LogP contribution in [0.15, 0.2) is 24.3 Å². The van der Waals surface area contributed by atoms with Crippen LogP contribution in [-0.2, 0) is 11.2 Å². The van der Waals surface area contributed by atoms with E-state index in [9.17, 15) is 0 Å². The van der Waals surface area contributed by atoms with Crippen LogP contribution in [-0.4, -0.2) is 25.2 Å². The average Bonchev–Trinajstić information content (AvgIpc) is 2.36. The molecule has 2 nitrogen and oxygen atoms in total. The minimum Gasteiger partial charge on any atom is -0.491 e. The van der Waals surface area contributed by atoms with E-state index in [1.165, 1.54) is 5.56 Å². The first kappa shape index (κ1) is 16.5. The summed E-state index contributed by atoms with van der Waals surface area (Å²) in [5.74, 6) is 0.980. The van der Waals surface area contributed by atoms with E-state index in [4.69, 9.17) is 9.47 Å². The summed E-state index contributed by atoms with van der Waals surface area (Å²) in [4.78, 5) is 0.507. The molecule has 0 fully saturated rings. The topological polar surface area (TPSA) is 18.5 Å². The van der Waals surface area contributed by atoms with E-state index in [0.29, 0.717) is 18.0 Å².